The van der Waals surface area contributed by atoms with E-state index in [1.807, 2.05) is 9.58 Å². The van der Waals surface area contributed by atoms with E-state index in [9.17, 15) is 9.18 Å². The van der Waals surface area contributed by atoms with Crippen molar-refractivity contribution in [2.24, 2.45) is 0 Å². The smallest absolute Gasteiger partial charge is 0.254 e. The first-order chi connectivity index (χ1) is 12.7. The van der Waals surface area contributed by atoms with Crippen LogP contribution in [0.2, 0.25) is 0 Å². The molecule has 1 amide bonds. The van der Waals surface area contributed by atoms with Crippen molar-refractivity contribution in [2.45, 2.75) is 45.3 Å². The van der Waals surface area contributed by atoms with Crippen LogP contribution in [0.1, 0.15) is 47.4 Å². The molecule has 0 bridgehead atoms. The highest BCUT2D eigenvalue weighted by Gasteiger charge is 2.25. The quantitative estimate of drug-likeness (QED) is 0.847. The van der Waals surface area contributed by atoms with Crippen molar-refractivity contribution in [3.8, 4) is 0 Å². The second-order valence-electron chi connectivity index (χ2n) is 7.13. The lowest BCUT2D eigenvalue weighted by atomic mass is 10.1. The molecule has 6 nitrogen and oxygen atoms in total. The predicted octanol–water partition coefficient (Wildman–Crippen LogP) is 2.45. The molecule has 0 saturated carbocycles. The summed E-state index contributed by atoms with van der Waals surface area (Å²) in [6.07, 6.45) is 4.61. The fraction of sp³-hybridized carbons (Fsp3) is 0.526. The maximum Gasteiger partial charge on any atom is 0.254 e. The molecule has 1 aromatic heterocycles. The van der Waals surface area contributed by atoms with Crippen LogP contribution in [0.4, 0.5) is 4.39 Å². The summed E-state index contributed by atoms with van der Waals surface area (Å²) in [5.41, 5.74) is 2.53. The van der Waals surface area contributed by atoms with Crippen molar-refractivity contribution >= 4 is 5.91 Å². The number of hydrogen-bond donors (Lipinski definition) is 0. The summed E-state index contributed by atoms with van der Waals surface area (Å²) in [5.74, 6) is -0.396. The van der Waals surface area contributed by atoms with Crippen LogP contribution in [0.3, 0.4) is 0 Å². The van der Waals surface area contributed by atoms with Gasteiger partial charge < -0.3 is 4.90 Å². The minimum Gasteiger partial charge on any atom is -0.333 e. The molecule has 1 saturated heterocycles. The van der Waals surface area contributed by atoms with Crippen LogP contribution in [0.5, 0.6) is 0 Å². The Kier molecular flexibility index (Phi) is 4.97. The number of aromatic nitrogens is 3. The van der Waals surface area contributed by atoms with E-state index in [1.54, 1.807) is 12.1 Å². The number of halogens is 1. The van der Waals surface area contributed by atoms with Crippen LogP contribution in [-0.4, -0.2) is 50.3 Å². The van der Waals surface area contributed by atoms with E-state index in [1.165, 1.54) is 31.4 Å². The molecule has 1 aromatic carbocycles. The summed E-state index contributed by atoms with van der Waals surface area (Å²) >= 11 is 0. The summed E-state index contributed by atoms with van der Waals surface area (Å²) in [4.78, 5) is 17.1. The van der Waals surface area contributed by atoms with E-state index in [0.29, 0.717) is 18.7 Å². The zero-order valence-corrected chi connectivity index (χ0v) is 14.9. The van der Waals surface area contributed by atoms with E-state index in [0.717, 1.165) is 44.0 Å². The van der Waals surface area contributed by atoms with Gasteiger partial charge in [-0.25, -0.2) is 9.07 Å². The van der Waals surface area contributed by atoms with Gasteiger partial charge in [-0.1, -0.05) is 11.6 Å². The molecule has 0 spiro atoms. The first-order valence-electron chi connectivity index (χ1n) is 9.39. The Labute approximate surface area is 152 Å². The summed E-state index contributed by atoms with van der Waals surface area (Å²) in [6, 6.07) is 5.76. The number of hydrogen-bond acceptors (Lipinski definition) is 4. The van der Waals surface area contributed by atoms with Gasteiger partial charge in [0, 0.05) is 25.2 Å². The van der Waals surface area contributed by atoms with E-state index >= 15 is 0 Å². The van der Waals surface area contributed by atoms with Crippen molar-refractivity contribution in [3.05, 3.63) is 47.0 Å². The molecule has 0 atom stereocenters. The van der Waals surface area contributed by atoms with E-state index < -0.39 is 0 Å². The summed E-state index contributed by atoms with van der Waals surface area (Å²) < 4.78 is 15.1. The fourth-order valence-electron chi connectivity index (χ4n) is 3.79. The molecule has 0 radical (unpaired) electrons. The van der Waals surface area contributed by atoms with Crippen LogP contribution < -0.4 is 0 Å². The molecule has 26 heavy (non-hydrogen) atoms. The van der Waals surface area contributed by atoms with E-state index in [-0.39, 0.29) is 11.7 Å². The van der Waals surface area contributed by atoms with Crippen LogP contribution in [0.15, 0.2) is 24.3 Å². The number of nitrogens with zero attached hydrogens (tertiary/aromatic N) is 5. The Hall–Kier alpha value is -2.28. The van der Waals surface area contributed by atoms with Gasteiger partial charge in [0.15, 0.2) is 0 Å². The van der Waals surface area contributed by atoms with Crippen molar-refractivity contribution < 1.29 is 9.18 Å². The third-order valence-electron chi connectivity index (χ3n) is 5.26. The average molecular weight is 357 g/mol. The summed E-state index contributed by atoms with van der Waals surface area (Å²) in [5, 5.41) is 8.71. The van der Waals surface area contributed by atoms with Crippen molar-refractivity contribution in [1.82, 2.24) is 24.8 Å². The van der Waals surface area contributed by atoms with E-state index in [4.69, 9.17) is 0 Å². The first-order valence-corrected chi connectivity index (χ1v) is 9.39. The molecule has 0 N–H and O–H groups in total. The summed E-state index contributed by atoms with van der Waals surface area (Å²) in [6.45, 7) is 4.95. The van der Waals surface area contributed by atoms with Gasteiger partial charge in [0.2, 0.25) is 0 Å². The summed E-state index contributed by atoms with van der Waals surface area (Å²) in [7, 11) is 0. The lowest BCUT2D eigenvalue weighted by molar-refractivity contribution is 0.0745. The number of piperidine rings is 1. The fourth-order valence-corrected chi connectivity index (χ4v) is 3.79. The number of benzene rings is 1. The van der Waals surface area contributed by atoms with Gasteiger partial charge in [-0.3, -0.25) is 9.69 Å². The molecular formula is C19H24FN5O. The molecule has 7 heteroatoms. The number of aryl methyl sites for hydroxylation is 1. The van der Waals surface area contributed by atoms with E-state index in [2.05, 4.69) is 15.2 Å². The molecule has 2 aliphatic heterocycles. The number of carbonyl (C=O) groups is 1. The van der Waals surface area contributed by atoms with Gasteiger partial charge in [0.1, 0.15) is 11.5 Å². The van der Waals surface area contributed by atoms with Gasteiger partial charge >= 0.3 is 0 Å². The van der Waals surface area contributed by atoms with Crippen LogP contribution in [-0.2, 0) is 19.6 Å². The Balaban J connectivity index is 1.52. The van der Waals surface area contributed by atoms with Crippen molar-refractivity contribution in [3.63, 3.8) is 0 Å². The topological polar surface area (TPSA) is 54.3 Å². The zero-order valence-electron chi connectivity index (χ0n) is 14.9. The highest BCUT2D eigenvalue weighted by atomic mass is 19.1. The molecule has 0 aliphatic carbocycles. The highest BCUT2D eigenvalue weighted by molar-refractivity contribution is 5.94. The number of fused-ring (bicyclic) bond motifs is 1. The number of rotatable bonds is 3. The molecule has 138 valence electrons. The number of amides is 1. The normalized spacial score (nSPS) is 18.4. The minimum absolute atomic E-state index is 0.0661. The van der Waals surface area contributed by atoms with Crippen LogP contribution in [0, 0.1) is 5.82 Å². The van der Waals surface area contributed by atoms with Gasteiger partial charge in [-0.05, 0) is 56.6 Å². The molecular weight excluding hydrogens is 333 g/mol. The molecule has 3 heterocycles. The number of likely N-dealkylation sites (tertiary alicyclic amines) is 1. The zero-order chi connectivity index (χ0) is 17.9. The second-order valence-corrected chi connectivity index (χ2v) is 7.13. The van der Waals surface area contributed by atoms with Gasteiger partial charge in [-0.15, -0.1) is 5.10 Å². The third-order valence-corrected chi connectivity index (χ3v) is 5.26. The van der Waals surface area contributed by atoms with Crippen LogP contribution in [0.25, 0.3) is 0 Å². The Morgan fingerprint density at radius 3 is 2.54 bits per heavy atom. The van der Waals surface area contributed by atoms with Crippen LogP contribution >= 0.6 is 0 Å². The minimum atomic E-state index is -0.330. The Morgan fingerprint density at radius 1 is 1.00 bits per heavy atom. The second kappa shape index (κ2) is 7.53. The predicted molar refractivity (Wildman–Crippen MR) is 94.9 cm³/mol. The third kappa shape index (κ3) is 3.62. The van der Waals surface area contributed by atoms with Crippen molar-refractivity contribution in [1.29, 1.82) is 0 Å². The first kappa shape index (κ1) is 17.1. The maximum atomic E-state index is 13.1. The lowest BCUT2D eigenvalue weighted by Gasteiger charge is -2.26. The maximum absolute atomic E-state index is 13.1. The average Bonchev–Trinajstić information content (AvgIpc) is 2.90. The number of carbonyl (C=O) groups excluding carboxylic acids is 1. The van der Waals surface area contributed by atoms with Gasteiger partial charge in [0.05, 0.1) is 12.2 Å². The lowest BCUT2D eigenvalue weighted by Crippen LogP contribution is -2.32. The highest BCUT2D eigenvalue weighted by Crippen LogP contribution is 2.20. The Morgan fingerprint density at radius 2 is 1.77 bits per heavy atom. The molecule has 2 aliphatic rings. The Bertz CT molecular complexity index is 767. The van der Waals surface area contributed by atoms with Crippen molar-refractivity contribution in [2.75, 3.05) is 19.6 Å². The SMILES string of the molecule is O=C(c1ccc(F)cc1)N1CCCn2nnc(CN3CCCCC3)c2C1. The standard InChI is InChI=1S/C19H24FN5O/c20-16-7-5-15(6-8-16)19(26)24-11-4-12-25-18(14-24)17(21-22-25)13-23-9-2-1-3-10-23/h5-8H,1-4,9-14H2. The van der Waals surface area contributed by atoms with Gasteiger partial charge in [-0.2, -0.15) is 0 Å². The molecule has 4 rings (SSSR count). The monoisotopic (exact) mass is 357 g/mol. The molecule has 2 aromatic rings. The molecule has 1 fully saturated rings. The molecule has 0 unspecified atom stereocenters. The van der Waals surface area contributed by atoms with Gasteiger partial charge in [0.25, 0.3) is 5.91 Å². The largest absolute Gasteiger partial charge is 0.333 e.